The number of methoxy groups -OCH3 is 1. The van der Waals surface area contributed by atoms with Crippen LogP contribution in [0.1, 0.15) is 31.4 Å². The van der Waals surface area contributed by atoms with E-state index in [2.05, 4.69) is 31.1 Å². The van der Waals surface area contributed by atoms with Gasteiger partial charge in [0.05, 0.1) is 17.6 Å². The van der Waals surface area contributed by atoms with Gasteiger partial charge in [0.15, 0.2) is 5.58 Å². The van der Waals surface area contributed by atoms with Crippen molar-refractivity contribution in [1.29, 1.82) is 0 Å². The molecule has 2 heterocycles. The SMILES string of the molecule is COc1ccc(C(C)NC(=O)C2CCN(c3nc4ccccc4o3)CC2)cc1Br. The van der Waals surface area contributed by atoms with Crippen LogP contribution < -0.4 is 15.0 Å². The molecular formula is C22H24BrN3O3. The first-order valence-corrected chi connectivity index (χ1v) is 10.6. The van der Waals surface area contributed by atoms with E-state index in [0.717, 1.165) is 52.8 Å². The summed E-state index contributed by atoms with van der Waals surface area (Å²) < 4.78 is 12.0. The number of halogens is 1. The lowest BCUT2D eigenvalue weighted by Gasteiger charge is -2.30. The van der Waals surface area contributed by atoms with E-state index in [1.807, 2.05) is 49.4 Å². The number of nitrogens with one attached hydrogen (secondary N) is 1. The zero-order valence-electron chi connectivity index (χ0n) is 16.5. The minimum absolute atomic E-state index is 0.000215. The Kier molecular flexibility index (Phi) is 5.76. The van der Waals surface area contributed by atoms with Crippen LogP contribution in [0.15, 0.2) is 51.4 Å². The average molecular weight is 458 g/mol. The summed E-state index contributed by atoms with van der Waals surface area (Å²) >= 11 is 3.50. The largest absolute Gasteiger partial charge is 0.496 e. The average Bonchev–Trinajstić information content (AvgIpc) is 3.18. The second kappa shape index (κ2) is 8.45. The molecule has 4 rings (SSSR count). The first-order chi connectivity index (χ1) is 14.0. The lowest BCUT2D eigenvalue weighted by atomic mass is 9.95. The molecule has 1 saturated heterocycles. The zero-order valence-corrected chi connectivity index (χ0v) is 18.1. The molecule has 29 heavy (non-hydrogen) atoms. The minimum atomic E-state index is -0.0697. The number of para-hydroxylation sites is 2. The predicted octanol–water partition coefficient (Wildman–Crippen LogP) is 4.69. The van der Waals surface area contributed by atoms with Crippen LogP contribution in [0, 0.1) is 5.92 Å². The van der Waals surface area contributed by atoms with E-state index in [1.54, 1.807) is 7.11 Å². The van der Waals surface area contributed by atoms with E-state index in [9.17, 15) is 4.79 Å². The molecular weight excluding hydrogens is 434 g/mol. The van der Waals surface area contributed by atoms with Crippen LogP contribution in [0.25, 0.3) is 11.1 Å². The number of nitrogens with zero attached hydrogens (tertiary/aromatic N) is 2. The molecule has 1 aliphatic heterocycles. The third kappa shape index (κ3) is 4.24. The lowest BCUT2D eigenvalue weighted by Crippen LogP contribution is -2.41. The highest BCUT2D eigenvalue weighted by atomic mass is 79.9. The molecule has 0 spiro atoms. The zero-order chi connectivity index (χ0) is 20.4. The highest BCUT2D eigenvalue weighted by molar-refractivity contribution is 9.10. The Balaban J connectivity index is 1.34. The summed E-state index contributed by atoms with van der Waals surface area (Å²) in [4.78, 5) is 19.4. The number of piperidine rings is 1. The molecule has 1 fully saturated rings. The molecule has 6 nitrogen and oxygen atoms in total. The summed E-state index contributed by atoms with van der Waals surface area (Å²) in [6.07, 6.45) is 1.56. The van der Waals surface area contributed by atoms with Crippen molar-refractivity contribution in [2.75, 3.05) is 25.1 Å². The van der Waals surface area contributed by atoms with Gasteiger partial charge in [-0.15, -0.1) is 0 Å². The summed E-state index contributed by atoms with van der Waals surface area (Å²) in [6, 6.07) is 14.2. The van der Waals surface area contributed by atoms with Crippen molar-refractivity contribution in [2.45, 2.75) is 25.8 Å². The number of fused-ring (bicyclic) bond motifs is 1. The Morgan fingerprint density at radius 3 is 2.72 bits per heavy atom. The van der Waals surface area contributed by atoms with Gasteiger partial charge in [0.2, 0.25) is 5.91 Å². The van der Waals surface area contributed by atoms with Gasteiger partial charge in [-0.3, -0.25) is 4.79 Å². The van der Waals surface area contributed by atoms with Gasteiger partial charge in [-0.25, -0.2) is 0 Å². The monoisotopic (exact) mass is 457 g/mol. The number of carbonyl (C=O) groups excluding carboxylic acids is 1. The summed E-state index contributed by atoms with van der Waals surface area (Å²) in [7, 11) is 1.64. The fourth-order valence-electron chi connectivity index (χ4n) is 3.69. The summed E-state index contributed by atoms with van der Waals surface area (Å²) in [6.45, 7) is 3.51. The van der Waals surface area contributed by atoms with E-state index >= 15 is 0 Å². The fraction of sp³-hybridized carbons (Fsp3) is 0.364. The summed E-state index contributed by atoms with van der Waals surface area (Å²) in [5, 5.41) is 3.15. The highest BCUT2D eigenvalue weighted by Crippen LogP contribution is 2.29. The van der Waals surface area contributed by atoms with Gasteiger partial charge in [0.1, 0.15) is 11.3 Å². The molecule has 0 radical (unpaired) electrons. The number of anilines is 1. The van der Waals surface area contributed by atoms with Crippen molar-refractivity contribution in [1.82, 2.24) is 10.3 Å². The predicted molar refractivity (Wildman–Crippen MR) is 116 cm³/mol. The second-order valence-corrected chi connectivity index (χ2v) is 8.20. The van der Waals surface area contributed by atoms with Crippen LogP contribution in [0.5, 0.6) is 5.75 Å². The van der Waals surface area contributed by atoms with Crippen LogP contribution in [-0.2, 0) is 4.79 Å². The van der Waals surface area contributed by atoms with E-state index in [4.69, 9.17) is 9.15 Å². The molecule has 2 aromatic carbocycles. The maximum atomic E-state index is 12.8. The van der Waals surface area contributed by atoms with Crippen molar-refractivity contribution < 1.29 is 13.9 Å². The normalized spacial score (nSPS) is 16.0. The standard InChI is InChI=1S/C22H24BrN3O3/c1-14(16-7-8-19(28-2)17(23)13-16)24-21(27)15-9-11-26(12-10-15)22-25-18-5-3-4-6-20(18)29-22/h3-8,13-15H,9-12H2,1-2H3,(H,24,27). The first-order valence-electron chi connectivity index (χ1n) is 9.79. The third-order valence-electron chi connectivity index (χ3n) is 5.45. The smallest absolute Gasteiger partial charge is 0.298 e. The van der Waals surface area contributed by atoms with Gasteiger partial charge in [-0.1, -0.05) is 18.2 Å². The van der Waals surface area contributed by atoms with Gasteiger partial charge < -0.3 is 19.4 Å². The van der Waals surface area contributed by atoms with Crippen LogP contribution >= 0.6 is 15.9 Å². The van der Waals surface area contributed by atoms with E-state index < -0.39 is 0 Å². The molecule has 0 saturated carbocycles. The van der Waals surface area contributed by atoms with Gasteiger partial charge in [-0.2, -0.15) is 4.98 Å². The quantitative estimate of drug-likeness (QED) is 0.601. The van der Waals surface area contributed by atoms with Crippen LogP contribution in [-0.4, -0.2) is 31.1 Å². The molecule has 0 aliphatic carbocycles. The van der Waals surface area contributed by atoms with Crippen molar-refractivity contribution >= 4 is 39.0 Å². The fourth-order valence-corrected chi connectivity index (χ4v) is 4.25. The van der Waals surface area contributed by atoms with Crippen molar-refractivity contribution in [3.8, 4) is 5.75 Å². The van der Waals surface area contributed by atoms with Crippen molar-refractivity contribution in [2.24, 2.45) is 5.92 Å². The van der Waals surface area contributed by atoms with Crippen molar-refractivity contribution in [3.05, 3.63) is 52.5 Å². The van der Waals surface area contributed by atoms with Crippen LogP contribution in [0.3, 0.4) is 0 Å². The van der Waals surface area contributed by atoms with Crippen molar-refractivity contribution in [3.63, 3.8) is 0 Å². The lowest BCUT2D eigenvalue weighted by molar-refractivity contribution is -0.126. The third-order valence-corrected chi connectivity index (χ3v) is 6.07. The maximum absolute atomic E-state index is 12.8. The minimum Gasteiger partial charge on any atom is -0.496 e. The number of oxazole rings is 1. The van der Waals surface area contributed by atoms with E-state index in [0.29, 0.717) is 6.01 Å². The number of amides is 1. The number of benzene rings is 2. The Bertz CT molecular complexity index is 978. The molecule has 152 valence electrons. The van der Waals surface area contributed by atoms with Crippen LogP contribution in [0.2, 0.25) is 0 Å². The molecule has 3 aromatic rings. The topological polar surface area (TPSA) is 67.6 Å². The van der Waals surface area contributed by atoms with Crippen LogP contribution in [0.4, 0.5) is 6.01 Å². The first kappa shape index (κ1) is 19.8. The molecule has 1 aliphatic rings. The van der Waals surface area contributed by atoms with Gasteiger partial charge in [-0.05, 0) is 65.5 Å². The Hall–Kier alpha value is -2.54. The molecule has 1 aromatic heterocycles. The second-order valence-electron chi connectivity index (χ2n) is 7.35. The maximum Gasteiger partial charge on any atom is 0.298 e. The summed E-state index contributed by atoms with van der Waals surface area (Å²) in [5.41, 5.74) is 2.69. The van der Waals surface area contributed by atoms with E-state index in [-0.39, 0.29) is 17.9 Å². The number of ether oxygens (including phenoxy) is 1. The molecule has 1 unspecified atom stereocenters. The molecule has 1 amide bonds. The molecule has 7 heteroatoms. The number of carbonyl (C=O) groups is 1. The van der Waals surface area contributed by atoms with E-state index in [1.165, 1.54) is 0 Å². The number of hydrogen-bond donors (Lipinski definition) is 1. The summed E-state index contributed by atoms with van der Waals surface area (Å²) in [5.74, 6) is 0.875. The van der Waals surface area contributed by atoms with Gasteiger partial charge in [0.25, 0.3) is 6.01 Å². The number of rotatable bonds is 5. The number of aromatic nitrogens is 1. The van der Waals surface area contributed by atoms with Gasteiger partial charge in [0, 0.05) is 19.0 Å². The van der Waals surface area contributed by atoms with Gasteiger partial charge >= 0.3 is 0 Å². The Morgan fingerprint density at radius 1 is 1.28 bits per heavy atom. The molecule has 1 atom stereocenters. The molecule has 1 N–H and O–H groups in total. The number of hydrogen-bond acceptors (Lipinski definition) is 5. The Morgan fingerprint density at radius 2 is 2.03 bits per heavy atom. The highest BCUT2D eigenvalue weighted by Gasteiger charge is 2.28. The molecule has 0 bridgehead atoms. The Labute approximate surface area is 178 Å².